The zero-order valence-corrected chi connectivity index (χ0v) is 15.3. The topological polar surface area (TPSA) is 66.0 Å². The van der Waals surface area contributed by atoms with Gasteiger partial charge in [-0.3, -0.25) is 0 Å². The van der Waals surface area contributed by atoms with Crippen LogP contribution >= 0.6 is 11.6 Å². The lowest BCUT2D eigenvalue weighted by atomic mass is 10.1. The van der Waals surface area contributed by atoms with Crippen molar-refractivity contribution in [3.8, 4) is 23.0 Å². The van der Waals surface area contributed by atoms with Crippen LogP contribution in [0.4, 0.5) is 4.39 Å². The van der Waals surface area contributed by atoms with Gasteiger partial charge < -0.3 is 13.8 Å². The predicted molar refractivity (Wildman–Crippen MR) is 99.9 cm³/mol. The Balaban J connectivity index is 1.42. The summed E-state index contributed by atoms with van der Waals surface area (Å²) in [5.74, 6) is 0.475. The van der Waals surface area contributed by atoms with Crippen LogP contribution in [0.25, 0.3) is 23.0 Å². The molecule has 2 aromatic carbocycles. The van der Waals surface area contributed by atoms with Crippen LogP contribution in [0.2, 0.25) is 5.02 Å². The third kappa shape index (κ3) is 3.08. The molecular formula is C20H14ClFN4O2. The molecule has 0 saturated carbocycles. The van der Waals surface area contributed by atoms with Gasteiger partial charge in [0.15, 0.2) is 5.69 Å². The summed E-state index contributed by atoms with van der Waals surface area (Å²) < 4.78 is 26.8. The molecule has 0 bridgehead atoms. The van der Waals surface area contributed by atoms with E-state index in [1.807, 2.05) is 22.8 Å². The predicted octanol–water partition coefficient (Wildman–Crippen LogP) is 4.66. The van der Waals surface area contributed by atoms with Gasteiger partial charge in [0.25, 0.3) is 5.89 Å². The highest BCUT2D eigenvalue weighted by Crippen LogP contribution is 2.32. The van der Waals surface area contributed by atoms with Gasteiger partial charge in [0.2, 0.25) is 5.82 Å². The molecule has 4 aromatic rings. The van der Waals surface area contributed by atoms with Crippen molar-refractivity contribution < 1.29 is 13.7 Å². The molecule has 2 aromatic heterocycles. The molecule has 1 aliphatic heterocycles. The Morgan fingerprint density at radius 3 is 2.89 bits per heavy atom. The van der Waals surface area contributed by atoms with Crippen molar-refractivity contribution in [3.63, 3.8) is 0 Å². The van der Waals surface area contributed by atoms with E-state index in [0.29, 0.717) is 35.6 Å². The minimum absolute atomic E-state index is 0.241. The zero-order chi connectivity index (χ0) is 19.1. The SMILES string of the molecule is Fc1cccc(C2Cn3cnc(-c4nc(-c5cccc(Cl)c5)no4)c3CO2)c1. The maximum absolute atomic E-state index is 13.5. The molecule has 5 rings (SSSR count). The van der Waals surface area contributed by atoms with Crippen molar-refractivity contribution in [2.24, 2.45) is 0 Å². The summed E-state index contributed by atoms with van der Waals surface area (Å²) in [6, 6.07) is 13.7. The van der Waals surface area contributed by atoms with Gasteiger partial charge in [0.1, 0.15) is 11.9 Å². The van der Waals surface area contributed by atoms with Crippen molar-refractivity contribution >= 4 is 11.6 Å². The van der Waals surface area contributed by atoms with Crippen molar-refractivity contribution in [2.45, 2.75) is 19.3 Å². The molecule has 1 atom stereocenters. The van der Waals surface area contributed by atoms with Crippen LogP contribution in [-0.4, -0.2) is 19.7 Å². The molecule has 0 saturated heterocycles. The lowest BCUT2D eigenvalue weighted by Crippen LogP contribution is -2.20. The number of nitrogens with zero attached hydrogens (tertiary/aromatic N) is 4. The van der Waals surface area contributed by atoms with Gasteiger partial charge in [-0.25, -0.2) is 9.37 Å². The largest absolute Gasteiger partial charge is 0.365 e. The summed E-state index contributed by atoms with van der Waals surface area (Å²) in [5, 5.41) is 4.63. The highest BCUT2D eigenvalue weighted by molar-refractivity contribution is 6.30. The highest BCUT2D eigenvalue weighted by Gasteiger charge is 2.26. The van der Waals surface area contributed by atoms with E-state index in [0.717, 1.165) is 16.8 Å². The van der Waals surface area contributed by atoms with Crippen LogP contribution in [0, 0.1) is 5.82 Å². The van der Waals surface area contributed by atoms with E-state index < -0.39 is 0 Å². The Bertz CT molecular complexity index is 1160. The maximum atomic E-state index is 13.5. The molecule has 28 heavy (non-hydrogen) atoms. The minimum atomic E-state index is -0.280. The number of imidazole rings is 1. The molecule has 0 amide bonds. The van der Waals surface area contributed by atoms with Gasteiger partial charge in [-0.2, -0.15) is 4.98 Å². The van der Waals surface area contributed by atoms with Gasteiger partial charge in [-0.15, -0.1) is 0 Å². The summed E-state index contributed by atoms with van der Waals surface area (Å²) in [6.07, 6.45) is 1.47. The average Bonchev–Trinajstić information content (AvgIpc) is 3.34. The molecule has 8 heteroatoms. The molecule has 0 radical (unpaired) electrons. The molecule has 6 nitrogen and oxygen atoms in total. The Morgan fingerprint density at radius 1 is 1.14 bits per heavy atom. The number of hydrogen-bond acceptors (Lipinski definition) is 5. The quantitative estimate of drug-likeness (QED) is 0.503. The van der Waals surface area contributed by atoms with Crippen molar-refractivity contribution in [1.82, 2.24) is 19.7 Å². The van der Waals surface area contributed by atoms with Gasteiger partial charge in [-0.1, -0.05) is 41.0 Å². The Labute approximate surface area is 164 Å². The van der Waals surface area contributed by atoms with Gasteiger partial charge in [0.05, 0.1) is 25.2 Å². The molecule has 3 heterocycles. The minimum Gasteiger partial charge on any atom is -0.365 e. The Morgan fingerprint density at radius 2 is 2.04 bits per heavy atom. The smallest absolute Gasteiger partial charge is 0.278 e. The van der Waals surface area contributed by atoms with Crippen molar-refractivity contribution in [1.29, 1.82) is 0 Å². The number of benzene rings is 2. The first-order valence-electron chi connectivity index (χ1n) is 8.68. The molecule has 0 aliphatic carbocycles. The number of rotatable bonds is 3. The first-order valence-corrected chi connectivity index (χ1v) is 9.06. The lowest BCUT2D eigenvalue weighted by molar-refractivity contribution is 0.00314. The van der Waals surface area contributed by atoms with Crippen LogP contribution in [0.5, 0.6) is 0 Å². The summed E-state index contributed by atoms with van der Waals surface area (Å²) in [4.78, 5) is 8.87. The second-order valence-corrected chi connectivity index (χ2v) is 6.92. The summed E-state index contributed by atoms with van der Waals surface area (Å²) in [6.45, 7) is 0.840. The maximum Gasteiger partial charge on any atom is 0.278 e. The van der Waals surface area contributed by atoms with Gasteiger partial charge in [0, 0.05) is 10.6 Å². The zero-order valence-electron chi connectivity index (χ0n) is 14.5. The number of fused-ring (bicyclic) bond motifs is 1. The van der Waals surface area contributed by atoms with Crippen molar-refractivity contribution in [2.75, 3.05) is 0 Å². The molecule has 0 spiro atoms. The van der Waals surface area contributed by atoms with Crippen LogP contribution in [0.15, 0.2) is 59.4 Å². The molecule has 0 fully saturated rings. The number of aromatic nitrogens is 4. The third-order valence-corrected chi connectivity index (χ3v) is 4.90. The van der Waals surface area contributed by atoms with Crippen LogP contribution in [-0.2, 0) is 17.9 Å². The molecular weight excluding hydrogens is 383 g/mol. The lowest BCUT2D eigenvalue weighted by Gasteiger charge is -2.25. The fraction of sp³-hybridized carbons (Fsp3) is 0.150. The van der Waals surface area contributed by atoms with Crippen molar-refractivity contribution in [3.05, 3.63) is 77.0 Å². The van der Waals surface area contributed by atoms with E-state index >= 15 is 0 Å². The fourth-order valence-electron chi connectivity index (χ4n) is 3.28. The second kappa shape index (κ2) is 6.85. The first-order chi connectivity index (χ1) is 13.7. The average molecular weight is 397 g/mol. The summed E-state index contributed by atoms with van der Waals surface area (Å²) in [5.41, 5.74) is 2.98. The van der Waals surface area contributed by atoms with E-state index in [-0.39, 0.29) is 11.9 Å². The van der Waals surface area contributed by atoms with Gasteiger partial charge >= 0.3 is 0 Å². The molecule has 1 aliphatic rings. The van der Waals surface area contributed by atoms with Crippen LogP contribution < -0.4 is 0 Å². The van der Waals surface area contributed by atoms with E-state index in [4.69, 9.17) is 20.9 Å². The number of halogens is 2. The summed E-state index contributed by atoms with van der Waals surface area (Å²) >= 11 is 6.03. The standard InChI is InChI=1S/C20H14ClFN4O2/c21-14-5-1-4-13(7-14)19-24-20(28-25-19)18-16-10-27-17(9-26(16)11-23-18)12-3-2-6-15(22)8-12/h1-8,11,17H,9-10H2. The van der Waals surface area contributed by atoms with E-state index in [1.54, 1.807) is 24.5 Å². The second-order valence-electron chi connectivity index (χ2n) is 6.48. The fourth-order valence-corrected chi connectivity index (χ4v) is 3.47. The Kier molecular flexibility index (Phi) is 4.18. The van der Waals surface area contributed by atoms with E-state index in [1.165, 1.54) is 12.1 Å². The number of ether oxygens (including phenoxy) is 1. The van der Waals surface area contributed by atoms with E-state index in [2.05, 4.69) is 15.1 Å². The first kappa shape index (κ1) is 17.1. The molecule has 140 valence electrons. The Hall–Kier alpha value is -3.03. The monoisotopic (exact) mass is 396 g/mol. The van der Waals surface area contributed by atoms with E-state index in [9.17, 15) is 4.39 Å². The summed E-state index contributed by atoms with van der Waals surface area (Å²) in [7, 11) is 0. The third-order valence-electron chi connectivity index (χ3n) is 4.66. The normalized spacial score (nSPS) is 16.1. The number of hydrogen-bond donors (Lipinski definition) is 0. The highest BCUT2D eigenvalue weighted by atomic mass is 35.5. The van der Waals surface area contributed by atoms with Crippen LogP contribution in [0.3, 0.4) is 0 Å². The molecule has 0 N–H and O–H groups in total. The van der Waals surface area contributed by atoms with Crippen LogP contribution in [0.1, 0.15) is 17.4 Å². The molecule has 1 unspecified atom stereocenters. The van der Waals surface area contributed by atoms with Gasteiger partial charge in [-0.05, 0) is 29.8 Å².